The third-order valence-electron chi connectivity index (χ3n) is 4.46. The van der Waals surface area contributed by atoms with Crippen LogP contribution in [0, 0.1) is 11.8 Å². The zero-order valence-corrected chi connectivity index (χ0v) is 11.7. The molecule has 0 aliphatic heterocycles. The Morgan fingerprint density at radius 1 is 1.10 bits per heavy atom. The first kappa shape index (κ1) is 12.2. The Balaban J connectivity index is 1.41. The summed E-state index contributed by atoms with van der Waals surface area (Å²) in [5.74, 6) is 1.90. The van der Waals surface area contributed by atoms with Crippen LogP contribution in [-0.2, 0) is 6.54 Å². The second kappa shape index (κ2) is 5.06. The van der Waals surface area contributed by atoms with Gasteiger partial charge in [0.25, 0.3) is 0 Å². The molecule has 2 aliphatic rings. The number of hydrogen-bond donors (Lipinski definition) is 1. The van der Waals surface area contributed by atoms with Crippen molar-refractivity contribution < 1.29 is 0 Å². The first-order valence-corrected chi connectivity index (χ1v) is 7.72. The Morgan fingerprint density at radius 2 is 1.80 bits per heavy atom. The van der Waals surface area contributed by atoms with E-state index in [0.717, 1.165) is 30.1 Å². The van der Waals surface area contributed by atoms with Crippen LogP contribution in [0.25, 0.3) is 5.69 Å². The van der Waals surface area contributed by atoms with Gasteiger partial charge in [-0.3, -0.25) is 0 Å². The maximum Gasteiger partial charge on any atom is 0.0645 e. The molecule has 4 rings (SSSR count). The number of rotatable bonds is 6. The molecule has 0 amide bonds. The van der Waals surface area contributed by atoms with E-state index in [-0.39, 0.29) is 0 Å². The zero-order chi connectivity index (χ0) is 13.4. The zero-order valence-electron chi connectivity index (χ0n) is 11.7. The highest BCUT2D eigenvalue weighted by atomic mass is 15.3. The van der Waals surface area contributed by atoms with Gasteiger partial charge in [-0.25, -0.2) is 4.68 Å². The first-order chi connectivity index (χ1) is 9.90. The smallest absolute Gasteiger partial charge is 0.0645 e. The van der Waals surface area contributed by atoms with E-state index in [1.807, 2.05) is 29.1 Å². The first-order valence-electron chi connectivity index (χ1n) is 7.72. The quantitative estimate of drug-likeness (QED) is 0.871. The van der Waals surface area contributed by atoms with Gasteiger partial charge >= 0.3 is 0 Å². The van der Waals surface area contributed by atoms with Crippen molar-refractivity contribution in [3.63, 3.8) is 0 Å². The van der Waals surface area contributed by atoms with Crippen molar-refractivity contribution in [3.05, 3.63) is 48.3 Å². The molecule has 20 heavy (non-hydrogen) atoms. The molecular weight excluding hydrogens is 246 g/mol. The van der Waals surface area contributed by atoms with E-state index in [2.05, 4.69) is 28.7 Å². The van der Waals surface area contributed by atoms with Crippen LogP contribution in [0.2, 0.25) is 0 Å². The molecule has 0 unspecified atom stereocenters. The molecule has 3 heteroatoms. The average molecular weight is 267 g/mol. The highest BCUT2D eigenvalue weighted by molar-refractivity contribution is 5.30. The summed E-state index contributed by atoms with van der Waals surface area (Å²) in [6.07, 6.45) is 9.83. The van der Waals surface area contributed by atoms with Crippen LogP contribution in [0.1, 0.15) is 31.2 Å². The maximum absolute atomic E-state index is 4.46. The van der Waals surface area contributed by atoms with Crippen LogP contribution in [0.3, 0.4) is 0 Å². The molecule has 0 radical (unpaired) electrons. The fraction of sp³-hybridized carbons (Fsp3) is 0.471. The molecule has 1 N–H and O–H groups in total. The molecular formula is C17H21N3. The van der Waals surface area contributed by atoms with Crippen LogP contribution < -0.4 is 5.32 Å². The number of aromatic nitrogens is 2. The Bertz CT molecular complexity index is 555. The molecule has 1 aromatic carbocycles. The summed E-state index contributed by atoms with van der Waals surface area (Å²) in [5, 5.41) is 8.23. The van der Waals surface area contributed by atoms with Crippen molar-refractivity contribution in [1.29, 1.82) is 0 Å². The van der Waals surface area contributed by atoms with E-state index in [1.54, 1.807) is 0 Å². The van der Waals surface area contributed by atoms with Gasteiger partial charge in [-0.2, -0.15) is 5.10 Å². The van der Waals surface area contributed by atoms with E-state index in [1.165, 1.54) is 31.2 Å². The molecule has 0 bridgehead atoms. The summed E-state index contributed by atoms with van der Waals surface area (Å²) in [6, 6.07) is 11.1. The third kappa shape index (κ3) is 2.63. The van der Waals surface area contributed by atoms with Crippen molar-refractivity contribution >= 4 is 0 Å². The van der Waals surface area contributed by atoms with E-state index in [0.29, 0.717) is 0 Å². The summed E-state index contributed by atoms with van der Waals surface area (Å²) in [7, 11) is 0. The molecule has 2 aliphatic carbocycles. The Kier molecular flexibility index (Phi) is 3.07. The number of hydrogen-bond acceptors (Lipinski definition) is 2. The number of benzene rings is 1. The molecule has 104 valence electrons. The minimum atomic E-state index is 0.759. The lowest BCUT2D eigenvalue weighted by molar-refractivity contribution is 0.416. The van der Waals surface area contributed by atoms with Crippen molar-refractivity contribution in [2.45, 2.75) is 38.3 Å². The monoisotopic (exact) mass is 267 g/mol. The molecule has 0 atom stereocenters. The standard InChI is InChI=1S/C17H21N3/c1-2-4-16(5-3-1)20-12-13(11-19-20)10-18-17(14-6-7-14)15-8-9-15/h1-5,11-12,14-15,17-18H,6-10H2. The summed E-state index contributed by atoms with van der Waals surface area (Å²) in [4.78, 5) is 0. The van der Waals surface area contributed by atoms with Gasteiger partial charge in [-0.1, -0.05) is 18.2 Å². The van der Waals surface area contributed by atoms with Gasteiger partial charge in [-0.15, -0.1) is 0 Å². The third-order valence-corrected chi connectivity index (χ3v) is 4.46. The fourth-order valence-corrected chi connectivity index (χ4v) is 3.04. The lowest BCUT2D eigenvalue weighted by Gasteiger charge is -2.16. The van der Waals surface area contributed by atoms with Gasteiger partial charge in [0.1, 0.15) is 0 Å². The number of para-hydroxylation sites is 1. The minimum Gasteiger partial charge on any atom is -0.309 e. The Morgan fingerprint density at radius 3 is 2.45 bits per heavy atom. The average Bonchev–Trinajstić information content (AvgIpc) is 3.41. The summed E-state index contributed by atoms with van der Waals surface area (Å²) in [5.41, 5.74) is 2.40. The SMILES string of the molecule is c1ccc(-n2cc(CNC(C3CC3)C3CC3)cn2)cc1. The Labute approximate surface area is 120 Å². The predicted molar refractivity (Wildman–Crippen MR) is 79.6 cm³/mol. The van der Waals surface area contributed by atoms with Crippen LogP contribution in [0.15, 0.2) is 42.7 Å². The molecule has 2 saturated carbocycles. The molecule has 1 aromatic heterocycles. The van der Waals surface area contributed by atoms with Gasteiger partial charge in [0.2, 0.25) is 0 Å². The number of nitrogens with zero attached hydrogens (tertiary/aromatic N) is 2. The second-order valence-electron chi connectivity index (χ2n) is 6.21. The lowest BCUT2D eigenvalue weighted by Crippen LogP contribution is -2.32. The summed E-state index contributed by atoms with van der Waals surface area (Å²) < 4.78 is 1.96. The lowest BCUT2D eigenvalue weighted by atomic mass is 10.1. The van der Waals surface area contributed by atoms with Crippen LogP contribution in [0.4, 0.5) is 0 Å². The van der Waals surface area contributed by atoms with E-state index in [4.69, 9.17) is 0 Å². The van der Waals surface area contributed by atoms with Crippen molar-refractivity contribution in [3.8, 4) is 5.69 Å². The molecule has 0 saturated heterocycles. The number of nitrogens with one attached hydrogen (secondary N) is 1. The van der Waals surface area contributed by atoms with E-state index >= 15 is 0 Å². The van der Waals surface area contributed by atoms with Gasteiger partial charge in [-0.05, 0) is 49.7 Å². The van der Waals surface area contributed by atoms with Gasteiger partial charge in [0, 0.05) is 24.3 Å². The van der Waals surface area contributed by atoms with Crippen molar-refractivity contribution in [2.75, 3.05) is 0 Å². The van der Waals surface area contributed by atoms with Crippen LogP contribution in [0.5, 0.6) is 0 Å². The summed E-state index contributed by atoms with van der Waals surface area (Å²) >= 11 is 0. The predicted octanol–water partition coefficient (Wildman–Crippen LogP) is 3.15. The van der Waals surface area contributed by atoms with Gasteiger partial charge < -0.3 is 5.32 Å². The van der Waals surface area contributed by atoms with E-state index < -0.39 is 0 Å². The Hall–Kier alpha value is -1.61. The highest BCUT2D eigenvalue weighted by Crippen LogP contribution is 2.44. The second-order valence-corrected chi connectivity index (χ2v) is 6.21. The normalized spacial score (nSPS) is 18.6. The largest absolute Gasteiger partial charge is 0.309 e. The van der Waals surface area contributed by atoms with Crippen LogP contribution in [-0.4, -0.2) is 15.8 Å². The maximum atomic E-state index is 4.46. The fourth-order valence-electron chi connectivity index (χ4n) is 3.04. The van der Waals surface area contributed by atoms with Gasteiger partial charge in [0.05, 0.1) is 11.9 Å². The van der Waals surface area contributed by atoms with Crippen molar-refractivity contribution in [1.82, 2.24) is 15.1 Å². The molecule has 2 aromatic rings. The van der Waals surface area contributed by atoms with Gasteiger partial charge in [0.15, 0.2) is 0 Å². The van der Waals surface area contributed by atoms with E-state index in [9.17, 15) is 0 Å². The molecule has 1 heterocycles. The minimum absolute atomic E-state index is 0.759. The summed E-state index contributed by atoms with van der Waals surface area (Å²) in [6.45, 7) is 0.949. The van der Waals surface area contributed by atoms with Crippen LogP contribution >= 0.6 is 0 Å². The highest BCUT2D eigenvalue weighted by Gasteiger charge is 2.40. The molecule has 2 fully saturated rings. The van der Waals surface area contributed by atoms with Crippen molar-refractivity contribution in [2.24, 2.45) is 11.8 Å². The molecule has 3 nitrogen and oxygen atoms in total. The topological polar surface area (TPSA) is 29.9 Å². The molecule has 0 spiro atoms.